The molecular formula is C18H17ClN4O. The van der Waals surface area contributed by atoms with Gasteiger partial charge in [0.2, 0.25) is 0 Å². The monoisotopic (exact) mass is 340 g/mol. The molecule has 0 fully saturated rings. The van der Waals surface area contributed by atoms with Crippen molar-refractivity contribution < 1.29 is 4.79 Å². The minimum Gasteiger partial charge on any atom is -0.398 e. The molecule has 0 heterocycles. The van der Waals surface area contributed by atoms with E-state index in [9.17, 15) is 4.79 Å². The summed E-state index contributed by atoms with van der Waals surface area (Å²) in [6, 6.07) is 14.4. The van der Waals surface area contributed by atoms with Gasteiger partial charge in [-0.05, 0) is 42.3 Å². The number of rotatable bonds is 5. The number of nitrogens with two attached hydrogens (primary N) is 1. The largest absolute Gasteiger partial charge is 0.398 e. The topological polar surface area (TPSA) is 90.9 Å². The lowest BCUT2D eigenvalue weighted by atomic mass is 10.1. The predicted molar refractivity (Wildman–Crippen MR) is 97.6 cm³/mol. The molecular weight excluding hydrogens is 324 g/mol. The van der Waals surface area contributed by atoms with E-state index >= 15 is 0 Å². The van der Waals surface area contributed by atoms with Crippen LogP contribution in [-0.2, 0) is 11.2 Å². The number of hydrogen-bond acceptors (Lipinski definition) is 4. The first-order valence-corrected chi connectivity index (χ1v) is 7.73. The number of nitrogens with zero attached hydrogens (tertiary/aromatic N) is 1. The Morgan fingerprint density at radius 1 is 1.25 bits per heavy atom. The number of nitrogens with one attached hydrogen (secondary N) is 2. The molecule has 0 radical (unpaired) electrons. The zero-order valence-electron chi connectivity index (χ0n) is 13.1. The number of carbonyl (C=O) groups is 1. The Morgan fingerprint density at radius 2 is 1.92 bits per heavy atom. The van der Waals surface area contributed by atoms with Crippen LogP contribution in [-0.4, -0.2) is 5.91 Å². The van der Waals surface area contributed by atoms with E-state index in [1.807, 2.05) is 30.3 Å². The lowest BCUT2D eigenvalue weighted by Crippen LogP contribution is -2.14. The highest BCUT2D eigenvalue weighted by molar-refractivity contribution is 6.33. The van der Waals surface area contributed by atoms with Gasteiger partial charge >= 0.3 is 0 Å². The molecule has 0 aliphatic carbocycles. The Balaban J connectivity index is 2.07. The Bertz CT molecular complexity index is 807. The van der Waals surface area contributed by atoms with Gasteiger partial charge in [-0.25, -0.2) is 0 Å². The second-order valence-corrected chi connectivity index (χ2v) is 5.46. The van der Waals surface area contributed by atoms with Crippen molar-refractivity contribution in [1.82, 2.24) is 0 Å². The number of hydrogen-bond donors (Lipinski definition) is 3. The summed E-state index contributed by atoms with van der Waals surface area (Å²) in [5.74, 6) is -0.531. The van der Waals surface area contributed by atoms with Gasteiger partial charge in [-0.2, -0.15) is 5.26 Å². The van der Waals surface area contributed by atoms with Crippen LogP contribution in [0.1, 0.15) is 12.5 Å². The number of halogens is 1. The first kappa shape index (κ1) is 17.4. The zero-order valence-corrected chi connectivity index (χ0v) is 13.9. The summed E-state index contributed by atoms with van der Waals surface area (Å²) >= 11 is 5.91. The molecule has 0 atom stereocenters. The molecule has 0 unspecified atom stereocenters. The van der Waals surface area contributed by atoms with Gasteiger partial charge in [0.1, 0.15) is 11.6 Å². The van der Waals surface area contributed by atoms with Crippen molar-refractivity contribution in [3.8, 4) is 6.07 Å². The van der Waals surface area contributed by atoms with Crippen LogP contribution in [0, 0.1) is 11.3 Å². The normalized spacial score (nSPS) is 10.8. The molecule has 2 aromatic rings. The predicted octanol–water partition coefficient (Wildman–Crippen LogP) is 3.94. The van der Waals surface area contributed by atoms with Gasteiger partial charge in [0.25, 0.3) is 5.91 Å². The Hall–Kier alpha value is -2.97. The quantitative estimate of drug-likeness (QED) is 0.436. The maximum absolute atomic E-state index is 12.1. The van der Waals surface area contributed by atoms with Gasteiger partial charge < -0.3 is 16.4 Å². The summed E-state index contributed by atoms with van der Waals surface area (Å²) in [5, 5.41) is 15.1. The van der Waals surface area contributed by atoms with Crippen LogP contribution in [0.5, 0.6) is 0 Å². The van der Waals surface area contributed by atoms with E-state index in [0.717, 1.165) is 12.1 Å². The van der Waals surface area contributed by atoms with E-state index in [-0.39, 0.29) is 5.57 Å². The van der Waals surface area contributed by atoms with Gasteiger partial charge in [-0.15, -0.1) is 0 Å². The van der Waals surface area contributed by atoms with Gasteiger partial charge in [0, 0.05) is 17.6 Å². The Kier molecular flexibility index (Phi) is 5.83. The summed E-state index contributed by atoms with van der Waals surface area (Å²) in [6.45, 7) is 2.07. The number of benzene rings is 2. The van der Waals surface area contributed by atoms with Crippen LogP contribution in [0.15, 0.2) is 54.2 Å². The van der Waals surface area contributed by atoms with Crippen LogP contribution >= 0.6 is 11.6 Å². The minimum atomic E-state index is -0.531. The van der Waals surface area contributed by atoms with Crippen molar-refractivity contribution in [2.24, 2.45) is 0 Å². The van der Waals surface area contributed by atoms with Gasteiger partial charge in [-0.1, -0.05) is 30.7 Å². The molecule has 1 amide bonds. The summed E-state index contributed by atoms with van der Waals surface area (Å²) in [4.78, 5) is 12.1. The second kappa shape index (κ2) is 8.04. The summed E-state index contributed by atoms with van der Waals surface area (Å²) in [7, 11) is 0. The molecule has 122 valence electrons. The molecule has 0 aliphatic heterocycles. The molecule has 0 aromatic heterocycles. The van der Waals surface area contributed by atoms with E-state index in [4.69, 9.17) is 22.6 Å². The fraction of sp³-hybridized carbons (Fsp3) is 0.111. The molecule has 5 nitrogen and oxygen atoms in total. The Morgan fingerprint density at radius 3 is 2.50 bits per heavy atom. The zero-order chi connectivity index (χ0) is 17.5. The number of carbonyl (C=O) groups excluding carboxylic acids is 1. The third-order valence-electron chi connectivity index (χ3n) is 3.37. The molecule has 24 heavy (non-hydrogen) atoms. The van der Waals surface area contributed by atoms with E-state index in [2.05, 4.69) is 17.6 Å². The van der Waals surface area contributed by atoms with Gasteiger partial charge in [0.15, 0.2) is 0 Å². The Labute approximate surface area is 145 Å². The maximum Gasteiger partial charge on any atom is 0.267 e. The van der Waals surface area contributed by atoms with Crippen molar-refractivity contribution in [1.29, 1.82) is 5.26 Å². The van der Waals surface area contributed by atoms with Gasteiger partial charge in [-0.3, -0.25) is 4.79 Å². The molecule has 6 heteroatoms. The third kappa shape index (κ3) is 4.51. The minimum absolute atomic E-state index is 0.0532. The van der Waals surface area contributed by atoms with Crippen LogP contribution in [0.4, 0.5) is 17.1 Å². The average molecular weight is 341 g/mol. The standard InChI is InChI=1S/C18H17ClN4O/c1-2-12-3-5-14(6-4-12)22-11-13(10-20)18(24)23-15-7-8-17(21)16(19)9-15/h3-9,11,22H,2,21H2,1H3,(H,23,24)/b13-11-. The highest BCUT2D eigenvalue weighted by atomic mass is 35.5. The van der Waals surface area contributed by atoms with E-state index in [0.29, 0.717) is 16.4 Å². The van der Waals surface area contributed by atoms with Crippen molar-refractivity contribution in [2.75, 3.05) is 16.4 Å². The van der Waals surface area contributed by atoms with Crippen LogP contribution in [0.2, 0.25) is 5.02 Å². The van der Waals surface area contributed by atoms with Crippen LogP contribution in [0.25, 0.3) is 0 Å². The SMILES string of the molecule is CCc1ccc(N/C=C(/C#N)C(=O)Nc2ccc(N)c(Cl)c2)cc1. The number of nitriles is 1. The van der Waals surface area contributed by atoms with Crippen LogP contribution < -0.4 is 16.4 Å². The molecule has 2 rings (SSSR count). The maximum atomic E-state index is 12.1. The van der Waals surface area contributed by atoms with E-state index < -0.39 is 5.91 Å². The number of amides is 1. The van der Waals surface area contributed by atoms with Crippen LogP contribution in [0.3, 0.4) is 0 Å². The molecule has 0 bridgehead atoms. The first-order chi connectivity index (χ1) is 11.5. The molecule has 0 spiro atoms. The number of nitrogen functional groups attached to an aromatic ring is 1. The van der Waals surface area contributed by atoms with Gasteiger partial charge in [0.05, 0.1) is 10.7 Å². The highest BCUT2D eigenvalue weighted by Gasteiger charge is 2.10. The third-order valence-corrected chi connectivity index (χ3v) is 3.70. The van der Waals surface area contributed by atoms with Crippen molar-refractivity contribution in [3.63, 3.8) is 0 Å². The van der Waals surface area contributed by atoms with Crippen molar-refractivity contribution in [3.05, 3.63) is 64.8 Å². The van der Waals surface area contributed by atoms with Crippen molar-refractivity contribution >= 4 is 34.6 Å². The molecule has 2 aromatic carbocycles. The molecule has 4 N–H and O–H groups in total. The smallest absolute Gasteiger partial charge is 0.267 e. The van der Waals surface area contributed by atoms with E-state index in [1.54, 1.807) is 12.1 Å². The van der Waals surface area contributed by atoms with E-state index in [1.165, 1.54) is 17.8 Å². The number of aryl methyl sites for hydroxylation is 1. The average Bonchev–Trinajstić information content (AvgIpc) is 2.59. The summed E-state index contributed by atoms with van der Waals surface area (Å²) in [5.41, 5.74) is 8.46. The summed E-state index contributed by atoms with van der Waals surface area (Å²) in [6.07, 6.45) is 2.32. The fourth-order valence-corrected chi connectivity index (χ4v) is 2.12. The lowest BCUT2D eigenvalue weighted by Gasteiger charge is -2.07. The number of anilines is 3. The fourth-order valence-electron chi connectivity index (χ4n) is 1.94. The highest BCUT2D eigenvalue weighted by Crippen LogP contribution is 2.22. The molecule has 0 saturated carbocycles. The first-order valence-electron chi connectivity index (χ1n) is 7.35. The lowest BCUT2D eigenvalue weighted by molar-refractivity contribution is -0.112. The molecule has 0 saturated heterocycles. The molecule has 0 aliphatic rings. The summed E-state index contributed by atoms with van der Waals surface area (Å²) < 4.78 is 0. The van der Waals surface area contributed by atoms with Crippen molar-refractivity contribution in [2.45, 2.75) is 13.3 Å². The second-order valence-electron chi connectivity index (χ2n) is 5.06.